The molecular formula is C16H35N3. The molecule has 19 heavy (non-hydrogen) atoms. The topological polar surface area (TPSA) is 28.2 Å². The third-order valence-electron chi connectivity index (χ3n) is 1.89. The van der Waals surface area contributed by atoms with E-state index in [-0.39, 0.29) is 0 Å². The lowest BCUT2D eigenvalue weighted by Gasteiger charge is -2.07. The molecule has 0 bridgehead atoms. The first-order valence-corrected chi connectivity index (χ1v) is 7.64. The summed E-state index contributed by atoms with van der Waals surface area (Å²) >= 11 is 0. The Balaban J connectivity index is -0.000000215. The highest BCUT2D eigenvalue weighted by atomic mass is 15.3. The van der Waals surface area contributed by atoms with Gasteiger partial charge >= 0.3 is 0 Å². The molecule has 0 unspecified atom stereocenters. The lowest BCUT2D eigenvalue weighted by molar-refractivity contribution is 0.354. The van der Waals surface area contributed by atoms with Crippen LogP contribution in [0.25, 0.3) is 0 Å². The van der Waals surface area contributed by atoms with Crippen molar-refractivity contribution < 1.29 is 1.41 Å². The van der Waals surface area contributed by atoms with E-state index in [1.165, 1.54) is 0 Å². The molecule has 3 heteroatoms. The number of hydrogen-bond acceptors (Lipinski definition) is 3. The molecule has 1 aliphatic heterocycles. The average molecular weight is 271 g/mol. The molecule has 1 aromatic rings. The van der Waals surface area contributed by atoms with Crippen molar-refractivity contribution in [3.05, 3.63) is 30.6 Å². The molecule has 1 fully saturated rings. The van der Waals surface area contributed by atoms with Crippen LogP contribution in [0, 0.1) is 0 Å². The van der Waals surface area contributed by atoms with Crippen molar-refractivity contribution in [3.63, 3.8) is 0 Å². The van der Waals surface area contributed by atoms with Crippen molar-refractivity contribution in [2.45, 2.75) is 48.5 Å². The molecule has 0 saturated carbocycles. The Morgan fingerprint density at radius 1 is 1.05 bits per heavy atom. The van der Waals surface area contributed by atoms with Crippen LogP contribution in [0.4, 0.5) is 0 Å². The van der Waals surface area contributed by atoms with Crippen molar-refractivity contribution in [3.8, 4) is 0 Å². The highest BCUT2D eigenvalue weighted by Gasteiger charge is 2.05. The smallest absolute Gasteiger partial charge is 0.124 e. The van der Waals surface area contributed by atoms with Gasteiger partial charge in [0.15, 0.2) is 0 Å². The van der Waals surface area contributed by atoms with Gasteiger partial charge in [0.2, 0.25) is 0 Å². The van der Waals surface area contributed by atoms with E-state index in [1.807, 2.05) is 59.7 Å². The number of nitrogens with zero attached hydrogens (tertiary/aromatic N) is 2. The number of nitrogens with one attached hydrogen (secondary N) is 1. The fraction of sp³-hybridized carbons (Fsp3) is 0.688. The zero-order valence-electron chi connectivity index (χ0n) is 15.1. The highest BCUT2D eigenvalue weighted by molar-refractivity contribution is 4.88. The summed E-state index contributed by atoms with van der Waals surface area (Å²) in [5.41, 5.74) is 0. The van der Waals surface area contributed by atoms with Crippen molar-refractivity contribution >= 4 is 0 Å². The van der Waals surface area contributed by atoms with Crippen molar-refractivity contribution in [2.24, 2.45) is 0 Å². The Morgan fingerprint density at radius 2 is 1.58 bits per heavy atom. The van der Waals surface area contributed by atoms with E-state index in [0.717, 1.165) is 26.3 Å². The van der Waals surface area contributed by atoms with Gasteiger partial charge in [-0.15, -0.1) is 0 Å². The molecule has 0 aromatic carbocycles. The van der Waals surface area contributed by atoms with Gasteiger partial charge in [-0.25, -0.2) is 0 Å². The fourth-order valence-electron chi connectivity index (χ4n) is 1.07. The maximum Gasteiger partial charge on any atom is 0.124 e. The predicted molar refractivity (Wildman–Crippen MR) is 88.4 cm³/mol. The molecule has 0 radical (unpaired) electrons. The van der Waals surface area contributed by atoms with Gasteiger partial charge in [-0.05, 0) is 18.7 Å². The van der Waals surface area contributed by atoms with E-state index in [2.05, 4.69) is 16.8 Å². The second-order valence-electron chi connectivity index (χ2n) is 2.82. The molecule has 0 spiro atoms. The van der Waals surface area contributed by atoms with Gasteiger partial charge in [0.05, 0.1) is 0 Å². The highest BCUT2D eigenvalue weighted by Crippen LogP contribution is 1.88. The molecule has 114 valence electrons. The van der Waals surface area contributed by atoms with Gasteiger partial charge in [-0.3, -0.25) is 9.88 Å². The second kappa shape index (κ2) is 25.8. The SMILES string of the molecule is CC.CC.CC.[3H]N1CCN(CC)C1.c1ccncc1. The molecule has 1 aromatic heterocycles. The Labute approximate surface area is 122 Å². The summed E-state index contributed by atoms with van der Waals surface area (Å²) in [7, 11) is 0. The fourth-order valence-corrected chi connectivity index (χ4v) is 1.07. The quantitative estimate of drug-likeness (QED) is 0.836. The number of hydrogen-bond donors (Lipinski definition) is 1. The number of likely N-dealkylation sites (N-methyl/N-ethyl adjacent to an activating group) is 1. The van der Waals surface area contributed by atoms with E-state index < -0.39 is 0 Å². The first-order chi connectivity index (χ1) is 9.83. The van der Waals surface area contributed by atoms with Gasteiger partial charge in [0.1, 0.15) is 1.41 Å². The van der Waals surface area contributed by atoms with Crippen LogP contribution in [0.15, 0.2) is 30.6 Å². The van der Waals surface area contributed by atoms with E-state index in [0.29, 0.717) is 0 Å². The van der Waals surface area contributed by atoms with Crippen LogP contribution in [0.3, 0.4) is 0 Å². The van der Waals surface area contributed by atoms with Gasteiger partial charge in [-0.1, -0.05) is 54.5 Å². The summed E-state index contributed by atoms with van der Waals surface area (Å²) in [5, 5.41) is 1.59. The molecule has 0 amide bonds. The first kappa shape index (κ1) is 20.4. The lowest BCUT2D eigenvalue weighted by Crippen LogP contribution is -2.20. The van der Waals surface area contributed by atoms with Crippen LogP contribution in [-0.2, 0) is 0 Å². The molecular weight excluding hydrogens is 234 g/mol. The Hall–Kier alpha value is -0.930. The minimum absolute atomic E-state index is 0.830. The minimum Gasteiger partial charge on any atom is -0.303 e. The average Bonchev–Trinajstić information content (AvgIpc) is 3.01. The zero-order valence-corrected chi connectivity index (χ0v) is 14.1. The van der Waals surface area contributed by atoms with Crippen molar-refractivity contribution in [1.29, 1.82) is 0 Å². The summed E-state index contributed by atoms with van der Waals surface area (Å²) in [6, 6.07) is 5.72. The normalized spacial score (nSPS) is 13.9. The molecule has 0 aliphatic carbocycles. The minimum atomic E-state index is 0.830. The lowest BCUT2D eigenvalue weighted by atomic mass is 10.5. The van der Waals surface area contributed by atoms with E-state index in [9.17, 15) is 0 Å². The molecule has 0 atom stereocenters. The van der Waals surface area contributed by atoms with Crippen LogP contribution in [0.5, 0.6) is 0 Å². The van der Waals surface area contributed by atoms with Crippen LogP contribution in [-0.4, -0.2) is 36.2 Å². The Bertz CT molecular complexity index is 206. The van der Waals surface area contributed by atoms with E-state index in [1.54, 1.807) is 17.7 Å². The molecule has 3 nitrogen and oxygen atoms in total. The number of aromatic nitrogens is 1. The van der Waals surface area contributed by atoms with Crippen LogP contribution >= 0.6 is 0 Å². The molecule has 1 N–H and O–H groups in total. The third-order valence-corrected chi connectivity index (χ3v) is 1.89. The predicted octanol–water partition coefficient (Wildman–Crippen LogP) is 4.03. The number of pyridine rings is 1. The maximum atomic E-state index is 7.16. The van der Waals surface area contributed by atoms with E-state index >= 15 is 0 Å². The molecule has 2 rings (SSSR count). The summed E-state index contributed by atoms with van der Waals surface area (Å²) < 4.78 is 7.16. The largest absolute Gasteiger partial charge is 0.303 e. The van der Waals surface area contributed by atoms with Crippen molar-refractivity contribution in [2.75, 3.05) is 26.3 Å². The molecule has 1 saturated heterocycles. The first-order valence-electron chi connectivity index (χ1n) is 8.09. The van der Waals surface area contributed by atoms with Crippen molar-refractivity contribution in [1.82, 2.24) is 15.2 Å². The van der Waals surface area contributed by atoms with Crippen LogP contribution < -0.4 is 5.31 Å². The Kier molecular flexibility index (Phi) is 27.7. The monoisotopic (exact) mass is 271 g/mol. The summed E-state index contributed by atoms with van der Waals surface area (Å²) in [5.74, 6) is 0. The third kappa shape index (κ3) is 19.6. The molecule has 1 aliphatic rings. The van der Waals surface area contributed by atoms with Crippen LogP contribution in [0.2, 0.25) is 1.41 Å². The summed E-state index contributed by atoms with van der Waals surface area (Å²) in [6.45, 7) is 18.0. The number of rotatable bonds is 1. The van der Waals surface area contributed by atoms with Gasteiger partial charge < -0.3 is 5.31 Å². The van der Waals surface area contributed by atoms with Gasteiger partial charge in [-0.2, -0.15) is 0 Å². The second-order valence-corrected chi connectivity index (χ2v) is 2.82. The summed E-state index contributed by atoms with van der Waals surface area (Å²) in [6.07, 6.45) is 3.50. The van der Waals surface area contributed by atoms with Gasteiger partial charge in [0.25, 0.3) is 0 Å². The standard InChI is InChI=1S/C5H12N2.C5H5N.3C2H6/c1-2-7-4-3-6-5-7;1-2-4-6-5-3-1;3*1-2/h6H,2-5H2,1H3;1-5H;3*1-2H3/i/hT. The zero-order chi connectivity index (χ0) is 16.2. The van der Waals surface area contributed by atoms with Gasteiger partial charge in [0, 0.05) is 32.2 Å². The van der Waals surface area contributed by atoms with Crippen LogP contribution in [0.1, 0.15) is 48.5 Å². The Morgan fingerprint density at radius 3 is 1.74 bits per heavy atom. The molecule has 2 heterocycles. The maximum absolute atomic E-state index is 7.16. The van der Waals surface area contributed by atoms with E-state index in [4.69, 9.17) is 1.41 Å². The summed E-state index contributed by atoms with van der Waals surface area (Å²) in [4.78, 5) is 6.03.